The van der Waals surface area contributed by atoms with Crippen molar-refractivity contribution < 1.29 is 61.9 Å². The lowest BCUT2D eigenvalue weighted by Gasteiger charge is -2.30. The van der Waals surface area contributed by atoms with E-state index in [2.05, 4.69) is 32.9 Å². The van der Waals surface area contributed by atoms with Crippen LogP contribution < -0.4 is 0 Å². The van der Waals surface area contributed by atoms with Crippen molar-refractivity contribution in [2.75, 3.05) is 72.7 Å². The first-order valence-corrected chi connectivity index (χ1v) is 12.8. The second kappa shape index (κ2) is 27.1. The van der Waals surface area contributed by atoms with Gasteiger partial charge in [-0.2, -0.15) is 0 Å². The molecule has 0 amide bonds. The third kappa shape index (κ3) is 23.8. The molecule has 13 nitrogen and oxygen atoms in total. The molecule has 0 aliphatic carbocycles. The smallest absolute Gasteiger partial charge is 0.330 e. The van der Waals surface area contributed by atoms with Crippen LogP contribution >= 0.6 is 0 Å². The zero-order valence-corrected chi connectivity index (χ0v) is 24.2. The fraction of sp³-hybridized carbons (Fsp3) is 0.483. The summed E-state index contributed by atoms with van der Waals surface area (Å²) in [5.74, 6) is -2.77. The number of esters is 5. The van der Waals surface area contributed by atoms with Crippen LogP contribution in [0.15, 0.2) is 63.3 Å². The molecule has 0 aromatic carbocycles. The monoisotopic (exact) mass is 598 g/mol. The fourth-order valence-corrected chi connectivity index (χ4v) is 2.34. The molecule has 0 rings (SSSR count). The summed E-state index contributed by atoms with van der Waals surface area (Å²) in [4.78, 5) is 54.9. The Kier molecular flexibility index (Phi) is 25.9. The van der Waals surface area contributed by atoms with Gasteiger partial charge in [0.05, 0.1) is 45.1 Å². The van der Waals surface area contributed by atoms with Crippen molar-refractivity contribution in [1.29, 1.82) is 0 Å². The standard InChI is InChI=1S/C15H20O6.C14H22O7/c1-5-12(16)19-9-15(8-4,10-20-13(17)6-2)11-21-14(18)7-3;1-3-13(15)20-11-9-18-7-5-17-6-8-19-10-12-21-14(16)4-2/h5-7H,1-3,8-11H2,4H3;3-4H,1-2,5-12H2. The van der Waals surface area contributed by atoms with Crippen molar-refractivity contribution in [2.45, 2.75) is 13.3 Å². The van der Waals surface area contributed by atoms with Gasteiger partial charge in [0.1, 0.15) is 33.0 Å². The van der Waals surface area contributed by atoms with Gasteiger partial charge >= 0.3 is 29.8 Å². The molecule has 0 atom stereocenters. The number of rotatable bonds is 24. The van der Waals surface area contributed by atoms with E-state index in [1.807, 2.05) is 0 Å². The second-order valence-corrected chi connectivity index (χ2v) is 7.87. The van der Waals surface area contributed by atoms with Crippen LogP contribution in [0.4, 0.5) is 0 Å². The van der Waals surface area contributed by atoms with Gasteiger partial charge < -0.3 is 37.9 Å². The molecule has 236 valence electrons. The summed E-state index contributed by atoms with van der Waals surface area (Å²) < 4.78 is 40.0. The normalized spacial score (nSPS) is 10.0. The number of hydrogen-bond donors (Lipinski definition) is 0. The van der Waals surface area contributed by atoms with Crippen LogP contribution in [-0.4, -0.2) is 103 Å². The van der Waals surface area contributed by atoms with E-state index in [4.69, 9.17) is 37.9 Å². The van der Waals surface area contributed by atoms with Gasteiger partial charge in [0.2, 0.25) is 0 Å². The van der Waals surface area contributed by atoms with Crippen molar-refractivity contribution in [3.8, 4) is 0 Å². The molecule has 0 spiro atoms. The summed E-state index contributed by atoms with van der Waals surface area (Å²) >= 11 is 0. The lowest BCUT2D eigenvalue weighted by atomic mass is 9.88. The Hall–Kier alpha value is -4.07. The van der Waals surface area contributed by atoms with Crippen LogP contribution in [0.3, 0.4) is 0 Å². The van der Waals surface area contributed by atoms with Crippen LogP contribution in [0.2, 0.25) is 0 Å². The molecule has 0 aliphatic heterocycles. The van der Waals surface area contributed by atoms with Gasteiger partial charge in [-0.05, 0) is 6.42 Å². The minimum absolute atomic E-state index is 0.0802. The van der Waals surface area contributed by atoms with Crippen molar-refractivity contribution >= 4 is 29.8 Å². The summed E-state index contributed by atoms with van der Waals surface area (Å²) in [6.07, 6.45) is 5.71. The van der Waals surface area contributed by atoms with Gasteiger partial charge in [0, 0.05) is 30.4 Å². The molecule has 0 saturated carbocycles. The molecular formula is C29H42O13. The summed E-state index contributed by atoms with van der Waals surface area (Å²) in [5.41, 5.74) is -0.837. The predicted octanol–water partition coefficient (Wildman–Crippen LogP) is 2.07. The van der Waals surface area contributed by atoms with Crippen molar-refractivity contribution in [2.24, 2.45) is 5.41 Å². The average Bonchev–Trinajstić information content (AvgIpc) is 3.02. The van der Waals surface area contributed by atoms with E-state index in [0.29, 0.717) is 46.1 Å². The molecule has 0 aliphatic rings. The second-order valence-electron chi connectivity index (χ2n) is 7.87. The third-order valence-electron chi connectivity index (χ3n) is 4.83. The highest BCUT2D eigenvalue weighted by molar-refractivity contribution is 5.82. The Bertz CT molecular complexity index is 789. The average molecular weight is 599 g/mol. The molecule has 42 heavy (non-hydrogen) atoms. The quantitative estimate of drug-likeness (QED) is 0.0688. The van der Waals surface area contributed by atoms with E-state index in [-0.39, 0.29) is 33.0 Å². The zero-order chi connectivity index (χ0) is 32.1. The van der Waals surface area contributed by atoms with Gasteiger partial charge in [0.25, 0.3) is 0 Å². The van der Waals surface area contributed by atoms with E-state index >= 15 is 0 Å². The lowest BCUT2D eigenvalue weighted by molar-refractivity contribution is -0.156. The van der Waals surface area contributed by atoms with Gasteiger partial charge in [-0.3, -0.25) is 0 Å². The summed E-state index contributed by atoms with van der Waals surface area (Å²) in [6, 6.07) is 0. The number of hydrogen-bond acceptors (Lipinski definition) is 13. The molecule has 0 aromatic rings. The van der Waals surface area contributed by atoms with Crippen molar-refractivity contribution in [1.82, 2.24) is 0 Å². The van der Waals surface area contributed by atoms with Crippen LogP contribution in [-0.2, 0) is 61.9 Å². The molecule has 0 heterocycles. The van der Waals surface area contributed by atoms with Gasteiger partial charge in [-0.25, -0.2) is 24.0 Å². The first-order valence-electron chi connectivity index (χ1n) is 12.8. The Morgan fingerprint density at radius 2 is 0.690 bits per heavy atom. The minimum Gasteiger partial charge on any atom is -0.462 e. The van der Waals surface area contributed by atoms with Crippen molar-refractivity contribution in [3.63, 3.8) is 0 Å². The molecule has 0 N–H and O–H groups in total. The fourth-order valence-electron chi connectivity index (χ4n) is 2.34. The molecular weight excluding hydrogens is 556 g/mol. The highest BCUT2D eigenvalue weighted by Gasteiger charge is 2.33. The van der Waals surface area contributed by atoms with Crippen molar-refractivity contribution in [3.05, 3.63) is 63.3 Å². The maximum atomic E-state index is 11.2. The molecule has 0 bridgehead atoms. The summed E-state index contributed by atoms with van der Waals surface area (Å²) in [6.45, 7) is 20.6. The zero-order valence-electron chi connectivity index (χ0n) is 24.2. The Morgan fingerprint density at radius 3 is 0.929 bits per heavy atom. The molecule has 13 heteroatoms. The number of carbonyl (C=O) groups is 5. The number of ether oxygens (including phenoxy) is 8. The minimum atomic E-state index is -0.837. The molecule has 0 fully saturated rings. The largest absolute Gasteiger partial charge is 0.462 e. The van der Waals surface area contributed by atoms with Crippen LogP contribution in [0.1, 0.15) is 13.3 Å². The first-order chi connectivity index (χ1) is 20.1. The SMILES string of the molecule is C=CC(=O)OCC(CC)(COC(=O)C=C)COC(=O)C=C.C=CC(=O)OCCOCCOCCOCCOC(=O)C=C. The van der Waals surface area contributed by atoms with Crippen LogP contribution in [0, 0.1) is 5.41 Å². The van der Waals surface area contributed by atoms with E-state index in [0.717, 1.165) is 30.4 Å². The van der Waals surface area contributed by atoms with Gasteiger partial charge in [0.15, 0.2) is 0 Å². The molecule has 0 aromatic heterocycles. The van der Waals surface area contributed by atoms with E-state index in [9.17, 15) is 24.0 Å². The third-order valence-corrected chi connectivity index (χ3v) is 4.83. The van der Waals surface area contributed by atoms with E-state index < -0.39 is 35.3 Å². The predicted molar refractivity (Wildman–Crippen MR) is 151 cm³/mol. The first kappa shape index (κ1) is 40.1. The van der Waals surface area contributed by atoms with Gasteiger partial charge in [-0.15, -0.1) is 0 Å². The Balaban J connectivity index is 0. The van der Waals surface area contributed by atoms with Crippen LogP contribution in [0.25, 0.3) is 0 Å². The summed E-state index contributed by atoms with van der Waals surface area (Å²) in [5, 5.41) is 0. The highest BCUT2D eigenvalue weighted by atomic mass is 16.6. The van der Waals surface area contributed by atoms with E-state index in [1.165, 1.54) is 0 Å². The molecule has 0 saturated heterocycles. The lowest BCUT2D eigenvalue weighted by Crippen LogP contribution is -2.38. The van der Waals surface area contributed by atoms with E-state index in [1.54, 1.807) is 6.92 Å². The highest BCUT2D eigenvalue weighted by Crippen LogP contribution is 2.24. The van der Waals surface area contributed by atoms with Gasteiger partial charge in [-0.1, -0.05) is 39.8 Å². The molecule has 0 unspecified atom stereocenters. The van der Waals surface area contributed by atoms with Crippen LogP contribution in [0.5, 0.6) is 0 Å². The Labute approximate surface area is 246 Å². The molecule has 0 radical (unpaired) electrons. The number of carbonyl (C=O) groups excluding carboxylic acids is 5. The Morgan fingerprint density at radius 1 is 0.452 bits per heavy atom. The maximum absolute atomic E-state index is 11.2. The topological polar surface area (TPSA) is 159 Å². The maximum Gasteiger partial charge on any atom is 0.330 e. The summed E-state index contributed by atoms with van der Waals surface area (Å²) in [7, 11) is 0.